The van der Waals surface area contributed by atoms with Crippen molar-refractivity contribution >= 4 is 28.8 Å². The third kappa shape index (κ3) is 2.40. The highest BCUT2D eigenvalue weighted by Gasteiger charge is 2.60. The molecule has 9 heteroatoms. The van der Waals surface area contributed by atoms with Crippen LogP contribution in [0, 0.1) is 5.41 Å². The highest BCUT2D eigenvalue weighted by molar-refractivity contribution is 6.29. The molecule has 30 heavy (non-hydrogen) atoms. The van der Waals surface area contributed by atoms with Gasteiger partial charge in [0.1, 0.15) is 11.6 Å². The highest BCUT2D eigenvalue weighted by Crippen LogP contribution is 2.50. The third-order valence-electron chi connectivity index (χ3n) is 6.61. The van der Waals surface area contributed by atoms with E-state index in [1.54, 1.807) is 11.0 Å². The second-order valence-electron chi connectivity index (χ2n) is 9.13. The fourth-order valence-corrected chi connectivity index (χ4v) is 5.46. The molecule has 3 heterocycles. The molecule has 0 unspecified atom stereocenters. The number of nitrogens with one attached hydrogen (secondary N) is 1. The molecule has 158 valence electrons. The number of rotatable bonds is 0. The van der Waals surface area contributed by atoms with E-state index in [1.165, 1.54) is 6.07 Å². The van der Waals surface area contributed by atoms with Crippen molar-refractivity contribution < 1.29 is 32.7 Å². The lowest BCUT2D eigenvalue weighted by Gasteiger charge is -2.46. The summed E-state index contributed by atoms with van der Waals surface area (Å²) in [4.78, 5) is 27.8. The van der Waals surface area contributed by atoms with Crippen LogP contribution in [0.3, 0.4) is 0 Å². The van der Waals surface area contributed by atoms with Gasteiger partial charge in [-0.1, -0.05) is 0 Å². The smallest absolute Gasteiger partial charge is 0.337 e. The molecule has 3 aliphatic heterocycles. The summed E-state index contributed by atoms with van der Waals surface area (Å²) in [5.74, 6) is -0.413. The predicted octanol–water partition coefficient (Wildman–Crippen LogP) is 2.87. The fourth-order valence-electron chi connectivity index (χ4n) is 5.46. The number of hydrogen-bond acceptors (Lipinski definition) is 3. The third-order valence-corrected chi connectivity index (χ3v) is 6.61. The van der Waals surface area contributed by atoms with Gasteiger partial charge in [-0.25, -0.2) is 0 Å². The van der Waals surface area contributed by atoms with E-state index in [-0.39, 0.29) is 23.9 Å². The van der Waals surface area contributed by atoms with Crippen LogP contribution in [0.15, 0.2) is 24.3 Å². The Balaban J connectivity index is 1.69. The lowest BCUT2D eigenvalue weighted by Crippen LogP contribution is -2.70. The molecule has 1 spiro atoms. The lowest BCUT2D eigenvalue weighted by atomic mass is 9.66. The molecule has 6 nitrogen and oxygen atoms in total. The Morgan fingerprint density at radius 3 is 2.70 bits per heavy atom. The quantitative estimate of drug-likeness (QED) is 0.501. The van der Waals surface area contributed by atoms with Crippen molar-refractivity contribution in [2.45, 2.75) is 50.9 Å². The van der Waals surface area contributed by atoms with Gasteiger partial charge in [0.15, 0.2) is 0 Å². The first kappa shape index (κ1) is 19.1. The monoisotopic (exact) mass is 420 g/mol. The van der Waals surface area contributed by atoms with E-state index in [4.69, 9.17) is 0 Å². The van der Waals surface area contributed by atoms with Crippen molar-refractivity contribution in [3.63, 3.8) is 0 Å². The molecule has 2 amide bonds. The predicted molar refractivity (Wildman–Crippen MR) is 100 cm³/mol. The second kappa shape index (κ2) is 5.65. The number of benzene rings is 1. The molecule has 0 bridgehead atoms. The summed E-state index contributed by atoms with van der Waals surface area (Å²) in [5, 5.41) is 13.7. The molecule has 0 saturated carbocycles. The molecule has 1 aromatic carbocycles. The molecular weight excluding hydrogens is 399 g/mol. The van der Waals surface area contributed by atoms with Crippen LogP contribution in [0.2, 0.25) is 0 Å². The number of piperazine rings is 1. The number of carbonyl (C=O) groups excluding carboxylic acids is 2. The van der Waals surface area contributed by atoms with Crippen molar-refractivity contribution in [2.75, 3.05) is 6.54 Å². The van der Waals surface area contributed by atoms with E-state index in [1.807, 2.05) is 13.8 Å². The first-order valence-corrected chi connectivity index (χ1v) is 9.89. The minimum Gasteiger partial charge on any atom is -0.337 e. The summed E-state index contributed by atoms with van der Waals surface area (Å²) in [7, 11) is 0. The number of nitrogens with zero attached hydrogens (tertiary/aromatic N) is 2. The standard InChI is InChI=1S/C21H20F3N3O3/c1-19(2)10-20(18(29)26-7-3-4-14(26)17(28)25-20)9-13-12-6-5-11(21(22,23)24)8-15(12)27(30)16(13)19/h5-6,8-9,14H,3-4,7,10H2,1-2H3,(H-,25,28,30)/p+1/t14-,20+/m0/s1. The molecule has 0 radical (unpaired) electrons. The van der Waals surface area contributed by atoms with E-state index in [0.29, 0.717) is 29.8 Å². The Labute approximate surface area is 170 Å². The Hall–Kier alpha value is -2.84. The Morgan fingerprint density at radius 2 is 2.00 bits per heavy atom. The average molecular weight is 420 g/mol. The van der Waals surface area contributed by atoms with Crippen molar-refractivity contribution in [2.24, 2.45) is 5.41 Å². The molecule has 1 aliphatic carbocycles. The van der Waals surface area contributed by atoms with Crippen LogP contribution < -0.4 is 5.32 Å². The maximum atomic E-state index is 13.4. The van der Waals surface area contributed by atoms with Gasteiger partial charge in [-0.05, 0) is 51.3 Å². The SMILES string of the molecule is CC1(C)C[C@@]2(C=C3C1=[N+](O)c1cc(C(F)(F)F)ccc13)NC(=O)[C@@H]1CCCN1C2=O. The van der Waals surface area contributed by atoms with Gasteiger partial charge >= 0.3 is 6.18 Å². The van der Waals surface area contributed by atoms with Crippen molar-refractivity contribution in [3.05, 3.63) is 35.4 Å². The first-order chi connectivity index (χ1) is 13.9. The molecule has 2 N–H and O–H groups in total. The molecular formula is C21H21F3N3O3+. The molecule has 2 fully saturated rings. The average Bonchev–Trinajstić information content (AvgIpc) is 3.23. The fraction of sp³-hybridized carbons (Fsp3) is 0.476. The largest absolute Gasteiger partial charge is 0.416 e. The van der Waals surface area contributed by atoms with Crippen molar-refractivity contribution in [1.29, 1.82) is 0 Å². The lowest BCUT2D eigenvalue weighted by molar-refractivity contribution is -0.712. The number of halogens is 3. The summed E-state index contributed by atoms with van der Waals surface area (Å²) in [6.45, 7) is 4.13. The number of alkyl halides is 3. The van der Waals surface area contributed by atoms with Gasteiger partial charge in [0.05, 0.1) is 22.1 Å². The highest BCUT2D eigenvalue weighted by atomic mass is 19.4. The molecule has 2 atom stereocenters. The zero-order chi connectivity index (χ0) is 21.6. The van der Waals surface area contributed by atoms with E-state index < -0.39 is 28.7 Å². The summed E-state index contributed by atoms with van der Waals surface area (Å²) in [5.41, 5.74) is -1.62. The Bertz CT molecular complexity index is 1070. The Kier molecular flexibility index (Phi) is 3.60. The zero-order valence-corrected chi connectivity index (χ0v) is 16.5. The molecule has 0 aromatic heterocycles. The summed E-state index contributed by atoms with van der Waals surface area (Å²) >= 11 is 0. The topological polar surface area (TPSA) is 72.7 Å². The maximum absolute atomic E-state index is 13.4. The minimum atomic E-state index is -4.54. The number of carbonyl (C=O) groups is 2. The second-order valence-corrected chi connectivity index (χ2v) is 9.13. The molecule has 1 aromatic rings. The van der Waals surface area contributed by atoms with Crippen LogP contribution in [0.25, 0.3) is 5.57 Å². The van der Waals surface area contributed by atoms with Gasteiger partial charge in [0.2, 0.25) is 11.6 Å². The summed E-state index contributed by atoms with van der Waals surface area (Å²) in [6.07, 6.45) is -1.35. The molecule has 4 aliphatic rings. The normalized spacial score (nSPS) is 29.6. The number of allylic oxidation sites excluding steroid dienone is 1. The van der Waals surface area contributed by atoms with Gasteiger partial charge in [0.25, 0.3) is 11.6 Å². The van der Waals surface area contributed by atoms with Gasteiger partial charge < -0.3 is 10.2 Å². The van der Waals surface area contributed by atoms with E-state index >= 15 is 0 Å². The Morgan fingerprint density at radius 1 is 1.27 bits per heavy atom. The van der Waals surface area contributed by atoms with Gasteiger partial charge in [-0.15, -0.1) is 0 Å². The van der Waals surface area contributed by atoms with Crippen molar-refractivity contribution in [1.82, 2.24) is 10.2 Å². The minimum absolute atomic E-state index is 0.0184. The maximum Gasteiger partial charge on any atom is 0.416 e. The number of amides is 2. The van der Waals surface area contributed by atoms with E-state index in [9.17, 15) is 28.0 Å². The van der Waals surface area contributed by atoms with Crippen LogP contribution in [0.4, 0.5) is 18.9 Å². The zero-order valence-electron chi connectivity index (χ0n) is 16.5. The van der Waals surface area contributed by atoms with E-state index in [2.05, 4.69) is 5.32 Å². The summed E-state index contributed by atoms with van der Waals surface area (Å²) < 4.78 is 40.4. The van der Waals surface area contributed by atoms with Gasteiger partial charge in [-0.2, -0.15) is 13.2 Å². The molecule has 5 rings (SSSR count). The number of fused-ring (bicyclic) bond motifs is 4. The van der Waals surface area contributed by atoms with Crippen LogP contribution in [0.5, 0.6) is 0 Å². The number of hydrogen-bond donors (Lipinski definition) is 2. The van der Waals surface area contributed by atoms with Crippen LogP contribution >= 0.6 is 0 Å². The van der Waals surface area contributed by atoms with Crippen molar-refractivity contribution in [3.8, 4) is 0 Å². The van der Waals surface area contributed by atoms with Crippen LogP contribution in [-0.2, 0) is 15.8 Å². The van der Waals surface area contributed by atoms with E-state index in [0.717, 1.165) is 23.3 Å². The van der Waals surface area contributed by atoms with Crippen LogP contribution in [0.1, 0.15) is 44.2 Å². The molecule has 2 saturated heterocycles. The van der Waals surface area contributed by atoms with Crippen LogP contribution in [-0.4, -0.2) is 50.5 Å². The first-order valence-electron chi connectivity index (χ1n) is 9.89. The van der Waals surface area contributed by atoms with Gasteiger partial charge in [-0.3, -0.25) is 14.8 Å². The van der Waals surface area contributed by atoms with Gasteiger partial charge in [0, 0.05) is 17.3 Å². The summed E-state index contributed by atoms with van der Waals surface area (Å²) in [6, 6.07) is 2.71.